The third-order valence-electron chi connectivity index (χ3n) is 3.33. The van der Waals surface area contributed by atoms with Crippen molar-refractivity contribution >= 4 is 39.3 Å². The van der Waals surface area contributed by atoms with Gasteiger partial charge < -0.3 is 5.73 Å². The van der Waals surface area contributed by atoms with Crippen molar-refractivity contribution in [2.45, 2.75) is 49.3 Å². The second-order valence-corrected chi connectivity index (χ2v) is 7.36. The number of aromatic nitrogens is 2. The van der Waals surface area contributed by atoms with Crippen molar-refractivity contribution in [2.75, 3.05) is 5.73 Å². The van der Waals surface area contributed by atoms with E-state index in [-0.39, 0.29) is 0 Å². The molecule has 1 aliphatic rings. The summed E-state index contributed by atoms with van der Waals surface area (Å²) in [5.41, 5.74) is 5.81. The molecular formula is C13H17N3S2. The van der Waals surface area contributed by atoms with Crippen LogP contribution in [0.15, 0.2) is 11.1 Å². The lowest BCUT2D eigenvalue weighted by Crippen LogP contribution is -2.08. The zero-order chi connectivity index (χ0) is 12.5. The van der Waals surface area contributed by atoms with Crippen LogP contribution < -0.4 is 5.73 Å². The Kier molecular flexibility index (Phi) is 3.43. The average molecular weight is 279 g/mol. The van der Waals surface area contributed by atoms with E-state index in [1.54, 1.807) is 11.3 Å². The molecule has 0 unspecified atom stereocenters. The van der Waals surface area contributed by atoms with E-state index < -0.39 is 0 Å². The summed E-state index contributed by atoms with van der Waals surface area (Å²) in [7, 11) is 0. The van der Waals surface area contributed by atoms with Gasteiger partial charge in [-0.05, 0) is 25.8 Å². The Labute approximate surface area is 115 Å². The number of hydrogen-bond acceptors (Lipinski definition) is 5. The number of thioether (sulfide) groups is 1. The number of nitrogens with two attached hydrogens (primary N) is 1. The third kappa shape index (κ3) is 2.47. The van der Waals surface area contributed by atoms with Gasteiger partial charge in [0.25, 0.3) is 0 Å². The highest BCUT2D eigenvalue weighted by molar-refractivity contribution is 8.00. The summed E-state index contributed by atoms with van der Waals surface area (Å²) in [5.74, 6) is 0.405. The van der Waals surface area contributed by atoms with Gasteiger partial charge in [0.2, 0.25) is 5.95 Å². The Hall–Kier alpha value is -0.810. The average Bonchev–Trinajstić information content (AvgIpc) is 2.71. The van der Waals surface area contributed by atoms with Crippen molar-refractivity contribution in [2.24, 2.45) is 0 Å². The van der Waals surface area contributed by atoms with Crippen LogP contribution in [0.1, 0.15) is 37.0 Å². The molecule has 3 nitrogen and oxygen atoms in total. The lowest BCUT2D eigenvalue weighted by atomic mass is 10.0. The van der Waals surface area contributed by atoms with E-state index in [0.29, 0.717) is 11.2 Å². The maximum Gasteiger partial charge on any atom is 0.222 e. The first-order valence-electron chi connectivity index (χ1n) is 6.43. The summed E-state index contributed by atoms with van der Waals surface area (Å²) < 4.78 is 0. The van der Waals surface area contributed by atoms with Gasteiger partial charge in [0.05, 0.1) is 0 Å². The van der Waals surface area contributed by atoms with Crippen LogP contribution in [0.5, 0.6) is 0 Å². The van der Waals surface area contributed by atoms with E-state index in [9.17, 15) is 0 Å². The molecule has 2 N–H and O–H groups in total. The number of anilines is 1. The molecule has 0 aromatic carbocycles. The van der Waals surface area contributed by atoms with E-state index in [0.717, 1.165) is 9.86 Å². The molecule has 0 radical (unpaired) electrons. The fourth-order valence-electron chi connectivity index (χ4n) is 2.46. The highest BCUT2D eigenvalue weighted by atomic mass is 32.2. The fraction of sp³-hybridized carbons (Fsp3) is 0.538. The van der Waals surface area contributed by atoms with Gasteiger partial charge in [-0.15, -0.1) is 23.1 Å². The summed E-state index contributed by atoms with van der Waals surface area (Å²) >= 11 is 3.60. The van der Waals surface area contributed by atoms with E-state index in [1.807, 2.05) is 11.8 Å². The molecule has 2 aromatic heterocycles. The molecule has 96 valence electrons. The second kappa shape index (κ2) is 5.05. The fourth-order valence-corrected chi connectivity index (χ4v) is 4.73. The van der Waals surface area contributed by atoms with E-state index >= 15 is 0 Å². The van der Waals surface area contributed by atoms with Crippen LogP contribution in [0.4, 0.5) is 5.95 Å². The molecule has 0 amide bonds. The van der Waals surface area contributed by atoms with Crippen molar-refractivity contribution < 1.29 is 0 Å². The minimum atomic E-state index is 0.405. The molecule has 0 bridgehead atoms. The minimum absolute atomic E-state index is 0.405. The Bertz CT molecular complexity index is 559. The predicted molar refractivity (Wildman–Crippen MR) is 79.3 cm³/mol. The van der Waals surface area contributed by atoms with Gasteiger partial charge in [-0.2, -0.15) is 0 Å². The maximum atomic E-state index is 5.81. The summed E-state index contributed by atoms with van der Waals surface area (Å²) in [6.45, 7) is 2.11. The van der Waals surface area contributed by atoms with Crippen LogP contribution in [-0.2, 0) is 0 Å². The first-order valence-corrected chi connectivity index (χ1v) is 8.12. The number of hydrogen-bond donors (Lipinski definition) is 1. The number of nitrogens with zero attached hydrogens (tertiary/aromatic N) is 2. The molecule has 2 aromatic rings. The van der Waals surface area contributed by atoms with E-state index in [2.05, 4.69) is 23.0 Å². The molecule has 1 fully saturated rings. The first kappa shape index (κ1) is 12.2. The molecule has 3 rings (SSSR count). The van der Waals surface area contributed by atoms with Crippen molar-refractivity contribution in [1.82, 2.24) is 9.97 Å². The molecule has 0 aliphatic heterocycles. The zero-order valence-electron chi connectivity index (χ0n) is 10.5. The molecule has 1 saturated carbocycles. The van der Waals surface area contributed by atoms with Gasteiger partial charge in [0, 0.05) is 15.5 Å². The molecule has 5 heteroatoms. The highest BCUT2D eigenvalue weighted by Crippen LogP contribution is 2.37. The topological polar surface area (TPSA) is 51.8 Å². The van der Waals surface area contributed by atoms with Crippen LogP contribution in [0.3, 0.4) is 0 Å². The second-order valence-electron chi connectivity index (χ2n) is 4.84. The van der Waals surface area contributed by atoms with Crippen LogP contribution in [0.25, 0.3) is 10.2 Å². The van der Waals surface area contributed by atoms with Crippen molar-refractivity contribution in [3.8, 4) is 0 Å². The largest absolute Gasteiger partial charge is 0.368 e. The SMILES string of the molecule is Cc1cc2c(SC3CCCCC3)nc(N)nc2s1. The first-order chi connectivity index (χ1) is 8.72. The van der Waals surface area contributed by atoms with Crippen molar-refractivity contribution in [3.05, 3.63) is 10.9 Å². The van der Waals surface area contributed by atoms with Crippen LogP contribution in [0.2, 0.25) is 0 Å². The quantitative estimate of drug-likeness (QED) is 0.844. The standard InChI is InChI=1S/C13H17N3S2/c1-8-7-10-11(17-8)15-13(14)16-12(10)18-9-5-3-2-4-6-9/h7,9H,2-6H2,1H3,(H2,14,15,16). The smallest absolute Gasteiger partial charge is 0.222 e. The predicted octanol–water partition coefficient (Wildman–Crippen LogP) is 4.01. The molecule has 18 heavy (non-hydrogen) atoms. The zero-order valence-corrected chi connectivity index (χ0v) is 12.1. The van der Waals surface area contributed by atoms with Gasteiger partial charge >= 0.3 is 0 Å². The lowest BCUT2D eigenvalue weighted by molar-refractivity contribution is 0.516. The summed E-state index contributed by atoms with van der Waals surface area (Å²) in [4.78, 5) is 11.1. The maximum absolute atomic E-state index is 5.81. The molecular weight excluding hydrogens is 262 g/mol. The molecule has 1 aliphatic carbocycles. The van der Waals surface area contributed by atoms with Gasteiger partial charge in [0.15, 0.2) is 0 Å². The molecule has 2 heterocycles. The Morgan fingerprint density at radius 3 is 2.83 bits per heavy atom. The van der Waals surface area contributed by atoms with E-state index in [4.69, 9.17) is 5.73 Å². The number of thiophene rings is 1. The Morgan fingerprint density at radius 1 is 1.28 bits per heavy atom. The summed E-state index contributed by atoms with van der Waals surface area (Å²) in [6, 6.07) is 2.19. The highest BCUT2D eigenvalue weighted by Gasteiger charge is 2.18. The molecule has 0 spiro atoms. The van der Waals surface area contributed by atoms with Gasteiger partial charge in [-0.25, -0.2) is 9.97 Å². The van der Waals surface area contributed by atoms with Crippen LogP contribution in [-0.4, -0.2) is 15.2 Å². The van der Waals surface area contributed by atoms with Crippen molar-refractivity contribution in [3.63, 3.8) is 0 Å². The monoisotopic (exact) mass is 279 g/mol. The molecule has 0 saturated heterocycles. The van der Waals surface area contributed by atoms with Crippen LogP contribution >= 0.6 is 23.1 Å². The Balaban J connectivity index is 1.94. The van der Waals surface area contributed by atoms with Gasteiger partial charge in [-0.1, -0.05) is 19.3 Å². The van der Waals surface area contributed by atoms with Crippen molar-refractivity contribution in [1.29, 1.82) is 0 Å². The van der Waals surface area contributed by atoms with E-state index in [1.165, 1.54) is 42.4 Å². The number of rotatable bonds is 2. The third-order valence-corrected chi connectivity index (χ3v) is 5.61. The minimum Gasteiger partial charge on any atom is -0.368 e. The summed E-state index contributed by atoms with van der Waals surface area (Å²) in [5, 5.41) is 2.97. The number of aryl methyl sites for hydroxylation is 1. The van der Waals surface area contributed by atoms with Gasteiger partial charge in [0.1, 0.15) is 9.86 Å². The summed E-state index contributed by atoms with van der Waals surface area (Å²) in [6.07, 6.45) is 6.70. The normalized spacial score (nSPS) is 17.4. The Morgan fingerprint density at radius 2 is 2.06 bits per heavy atom. The number of nitrogen functional groups attached to an aromatic ring is 1. The molecule has 0 atom stereocenters. The number of fused-ring (bicyclic) bond motifs is 1. The lowest BCUT2D eigenvalue weighted by Gasteiger charge is -2.20. The van der Waals surface area contributed by atoms with Gasteiger partial charge in [-0.3, -0.25) is 0 Å². The van der Waals surface area contributed by atoms with Crippen LogP contribution in [0, 0.1) is 6.92 Å².